The van der Waals surface area contributed by atoms with Crippen LogP contribution in [0.4, 0.5) is 0 Å². The molecule has 5 heterocycles. The molecule has 0 spiro atoms. The van der Waals surface area contributed by atoms with Crippen LogP contribution in [0, 0.1) is 0 Å². The minimum Gasteiger partial charge on any atom is -0.457 e. The largest absolute Gasteiger partial charge is 0.457 e. The molecule has 4 aromatic heterocycles. The number of nitrogens with zero attached hydrogens (tertiary/aromatic N) is 7. The molecule has 9 heteroatoms. The number of aromatic nitrogens is 7. The van der Waals surface area contributed by atoms with Crippen molar-refractivity contribution >= 4 is 56.7 Å². The van der Waals surface area contributed by atoms with E-state index in [1.54, 1.807) is 0 Å². The van der Waals surface area contributed by atoms with Gasteiger partial charge < -0.3 is 4.74 Å². The van der Waals surface area contributed by atoms with Gasteiger partial charge in [-0.25, -0.2) is 24.9 Å². The number of para-hydroxylation sites is 6. The molecule has 1 aliphatic heterocycles. The summed E-state index contributed by atoms with van der Waals surface area (Å²) in [6.45, 7) is 0. The third kappa shape index (κ3) is 10.1. The van der Waals surface area contributed by atoms with E-state index in [9.17, 15) is 0 Å². The molecule has 8 nitrogen and oxygen atoms in total. The van der Waals surface area contributed by atoms with Crippen molar-refractivity contribution in [2.45, 2.75) is 18.3 Å². The van der Waals surface area contributed by atoms with Crippen LogP contribution in [-0.4, -0.2) is 42.0 Å². The van der Waals surface area contributed by atoms with Crippen LogP contribution >= 0.6 is 0 Å². The fourth-order valence-corrected chi connectivity index (χ4v) is 20.3. The van der Waals surface area contributed by atoms with Crippen LogP contribution in [0.2, 0.25) is 0 Å². The summed E-state index contributed by atoms with van der Waals surface area (Å²) < 4.78 is 12.6. The number of fused-ring (bicyclic) bond motifs is 7. The number of imidazole rings is 2. The molecule has 468 valence electrons. The summed E-state index contributed by atoms with van der Waals surface area (Å²) in [7, 11) is -3.60. The van der Waals surface area contributed by atoms with Gasteiger partial charge in [-0.1, -0.05) is 315 Å². The first-order valence-electron chi connectivity index (χ1n) is 33.7. The zero-order valence-corrected chi connectivity index (χ0v) is 55.0. The molecule has 0 aliphatic carbocycles. The molecule has 1 aliphatic rings. The lowest BCUT2D eigenvalue weighted by molar-refractivity contribution is 0.384. The number of hydrogen-bond donors (Lipinski definition) is 0. The Labute approximate surface area is 575 Å². The molecule has 18 rings (SSSR count). The van der Waals surface area contributed by atoms with Crippen LogP contribution in [0.1, 0.15) is 22.5 Å². The van der Waals surface area contributed by atoms with E-state index in [0.717, 1.165) is 140 Å². The van der Waals surface area contributed by atoms with Gasteiger partial charge in [-0.15, -0.1) is 0 Å². The second-order valence-corrected chi connectivity index (χ2v) is 29.2. The SMILES string of the molecule is c1ccc(-c2nc(-c3ccccc3)c(-c3ccccc3)nc2CC2(Cc3nc(-c4ccccc4)c(-c4ccccc4)nc3-c3ccccc3)c3ccccc3Oc3c2cccc3[Si](c2ccccc2)(c2ccccc2)c2cccc(-n3c4ccccc4n4c5ccccc5nc34)c2)cc1. The first-order valence-corrected chi connectivity index (χ1v) is 35.7. The van der Waals surface area contributed by atoms with Crippen molar-refractivity contribution in [2.24, 2.45) is 0 Å². The van der Waals surface area contributed by atoms with Crippen LogP contribution in [0.5, 0.6) is 11.5 Å². The molecule has 0 amide bonds. The topological polar surface area (TPSA) is 83.0 Å². The summed E-state index contributed by atoms with van der Waals surface area (Å²) >= 11 is 0. The molecule has 0 unspecified atom stereocenters. The molecular weight excluding hydrogens is 1220 g/mol. The molecule has 0 atom stereocenters. The first kappa shape index (κ1) is 58.9. The maximum Gasteiger partial charge on any atom is 0.220 e. The second kappa shape index (κ2) is 24.8. The van der Waals surface area contributed by atoms with Gasteiger partial charge >= 0.3 is 0 Å². The summed E-state index contributed by atoms with van der Waals surface area (Å²) in [5, 5.41) is 4.67. The van der Waals surface area contributed by atoms with Crippen molar-refractivity contribution in [3.63, 3.8) is 0 Å². The molecule has 17 aromatic rings. The molecule has 0 saturated heterocycles. The van der Waals surface area contributed by atoms with Crippen molar-refractivity contribution in [1.29, 1.82) is 0 Å². The Morgan fingerprint density at radius 2 is 0.687 bits per heavy atom. The summed E-state index contributed by atoms with van der Waals surface area (Å²) in [6, 6.07) is 128. The molecule has 0 fully saturated rings. The van der Waals surface area contributed by atoms with Gasteiger partial charge in [-0.05, 0) is 63.2 Å². The third-order valence-electron chi connectivity index (χ3n) is 19.8. The number of ether oxygens (including phenoxy) is 1. The smallest absolute Gasteiger partial charge is 0.220 e. The highest BCUT2D eigenvalue weighted by Gasteiger charge is 2.50. The van der Waals surface area contributed by atoms with Crippen LogP contribution < -0.4 is 25.5 Å². The highest BCUT2D eigenvalue weighted by Crippen LogP contribution is 2.53. The van der Waals surface area contributed by atoms with Crippen molar-refractivity contribution in [2.75, 3.05) is 0 Å². The van der Waals surface area contributed by atoms with Crippen molar-refractivity contribution in [3.8, 4) is 84.7 Å². The zero-order valence-electron chi connectivity index (χ0n) is 54.0. The van der Waals surface area contributed by atoms with Gasteiger partial charge in [0, 0.05) is 68.5 Å². The summed E-state index contributed by atoms with van der Waals surface area (Å²) in [5.74, 6) is 2.39. The molecule has 99 heavy (non-hydrogen) atoms. The van der Waals surface area contributed by atoms with Crippen LogP contribution in [0.15, 0.2) is 358 Å². The van der Waals surface area contributed by atoms with Crippen molar-refractivity contribution in [3.05, 3.63) is 380 Å². The monoisotopic (exact) mass is 1290 g/mol. The second-order valence-electron chi connectivity index (χ2n) is 25.4. The van der Waals surface area contributed by atoms with E-state index < -0.39 is 13.5 Å². The molecule has 0 N–H and O–H groups in total. The van der Waals surface area contributed by atoms with Gasteiger partial charge in [0.05, 0.1) is 67.6 Å². The van der Waals surface area contributed by atoms with Crippen LogP contribution in [0.25, 0.3) is 101 Å². The lowest BCUT2D eigenvalue weighted by atomic mass is 9.66. The van der Waals surface area contributed by atoms with Gasteiger partial charge in [0.25, 0.3) is 0 Å². The Hall–Kier alpha value is -12.7. The van der Waals surface area contributed by atoms with E-state index >= 15 is 0 Å². The van der Waals surface area contributed by atoms with E-state index in [1.807, 2.05) is 0 Å². The normalized spacial score (nSPS) is 12.5. The Bertz CT molecular complexity index is 5600. The Morgan fingerprint density at radius 3 is 1.19 bits per heavy atom. The predicted molar refractivity (Wildman–Crippen MR) is 405 cm³/mol. The average Bonchev–Trinajstić information content (AvgIpc) is 1.49. The maximum atomic E-state index is 7.98. The van der Waals surface area contributed by atoms with Crippen molar-refractivity contribution in [1.82, 2.24) is 33.9 Å². The molecule has 13 aromatic carbocycles. The van der Waals surface area contributed by atoms with Gasteiger partial charge in [0.15, 0.2) is 8.07 Å². The number of hydrogen-bond acceptors (Lipinski definition) is 6. The Morgan fingerprint density at radius 1 is 0.303 bits per heavy atom. The zero-order chi connectivity index (χ0) is 65.7. The van der Waals surface area contributed by atoms with Gasteiger partial charge in [0.1, 0.15) is 11.5 Å². The lowest BCUT2D eigenvalue weighted by Crippen LogP contribution is -2.75. The minimum absolute atomic E-state index is 0.364. The van der Waals surface area contributed by atoms with E-state index in [1.165, 1.54) is 15.6 Å². The first-order chi connectivity index (χ1) is 49.1. The molecule has 0 saturated carbocycles. The summed E-state index contributed by atoms with van der Waals surface area (Å²) in [4.78, 5) is 29.4. The van der Waals surface area contributed by atoms with E-state index in [-0.39, 0.29) is 0 Å². The van der Waals surface area contributed by atoms with Crippen LogP contribution in [0.3, 0.4) is 0 Å². The van der Waals surface area contributed by atoms with Gasteiger partial charge in [-0.2, -0.15) is 0 Å². The van der Waals surface area contributed by atoms with E-state index in [0.29, 0.717) is 12.8 Å². The molecular formula is C90H63N7OSi. The Balaban J connectivity index is 0.963. The highest BCUT2D eigenvalue weighted by molar-refractivity contribution is 7.20. The lowest BCUT2D eigenvalue weighted by Gasteiger charge is -2.44. The number of rotatable bonds is 15. The maximum absolute atomic E-state index is 7.98. The fourth-order valence-electron chi connectivity index (χ4n) is 15.4. The average molecular weight is 1290 g/mol. The third-order valence-corrected chi connectivity index (χ3v) is 24.5. The Kier molecular flexibility index (Phi) is 14.8. The van der Waals surface area contributed by atoms with Gasteiger partial charge in [-0.3, -0.25) is 8.97 Å². The minimum atomic E-state index is -3.60. The van der Waals surface area contributed by atoms with Gasteiger partial charge in [0.2, 0.25) is 5.78 Å². The molecule has 0 bridgehead atoms. The standard InChI is InChI=1S/C90H63N7OSi/c1-9-33-62(34-10-1)82-75(91-84(64-37-13-3-14-38-64)86(94-82)66-41-17-5-18-42-66)60-90(61-76-83(63-35-11-2-12-36-63)95-87(67-43-19-6-20-44-67)85(92-76)65-39-15-4-16-40-65)72-51-25-30-57-80(72)98-88-73(90)52-32-58-81(88)99(69-46-21-7-22-47-69,70-48-23-8-24-49-70)71-50-31-45-68(59-71)96-78-55-28-29-56-79(78)97-77-54-27-26-53-74(77)93-89(96)97/h1-59H,60-61H2. The molecule has 0 radical (unpaired) electrons. The highest BCUT2D eigenvalue weighted by atomic mass is 28.3. The van der Waals surface area contributed by atoms with E-state index in [2.05, 4.69) is 367 Å². The number of benzene rings is 13. The quantitative estimate of drug-likeness (QED) is 0.0751. The summed E-state index contributed by atoms with van der Waals surface area (Å²) in [6.07, 6.45) is 0.728. The van der Waals surface area contributed by atoms with Crippen LogP contribution in [-0.2, 0) is 18.3 Å². The summed E-state index contributed by atoms with van der Waals surface area (Å²) in [5.41, 5.74) is 18.3. The fraction of sp³-hybridized carbons (Fsp3) is 0.0333. The predicted octanol–water partition coefficient (Wildman–Crippen LogP) is 18.3. The van der Waals surface area contributed by atoms with Crippen molar-refractivity contribution < 1.29 is 4.74 Å². The van der Waals surface area contributed by atoms with E-state index in [4.69, 9.17) is 29.7 Å².